The van der Waals surface area contributed by atoms with E-state index in [9.17, 15) is 0 Å². The average molecular weight is 265 g/mol. The molecular formula is C17H19N3. The van der Waals surface area contributed by atoms with Crippen LogP contribution >= 0.6 is 0 Å². The van der Waals surface area contributed by atoms with Crippen molar-refractivity contribution in [1.29, 1.82) is 0 Å². The molecule has 1 saturated heterocycles. The molecule has 1 N–H and O–H groups in total. The van der Waals surface area contributed by atoms with Crippen molar-refractivity contribution in [3.05, 3.63) is 41.6 Å². The van der Waals surface area contributed by atoms with Gasteiger partial charge in [0, 0.05) is 29.9 Å². The normalized spacial score (nSPS) is 28.8. The minimum atomic E-state index is 0.268. The monoisotopic (exact) mass is 265 g/mol. The van der Waals surface area contributed by atoms with E-state index in [4.69, 9.17) is 0 Å². The van der Waals surface area contributed by atoms with Gasteiger partial charge in [0.25, 0.3) is 0 Å². The zero-order valence-electron chi connectivity index (χ0n) is 11.7. The van der Waals surface area contributed by atoms with Crippen LogP contribution in [0.25, 0.3) is 10.9 Å². The van der Waals surface area contributed by atoms with Crippen molar-refractivity contribution in [2.45, 2.75) is 25.3 Å². The summed E-state index contributed by atoms with van der Waals surface area (Å²) in [5.74, 6) is 1.34. The quantitative estimate of drug-likeness (QED) is 0.906. The number of hydrogen-bond donors (Lipinski definition) is 1. The number of pyridine rings is 1. The van der Waals surface area contributed by atoms with Crippen LogP contribution < -0.4 is 5.32 Å². The third-order valence-corrected chi connectivity index (χ3v) is 4.46. The lowest BCUT2D eigenvalue weighted by molar-refractivity contribution is 0.365. The van der Waals surface area contributed by atoms with Gasteiger partial charge in [-0.2, -0.15) is 0 Å². The third-order valence-electron chi connectivity index (χ3n) is 4.46. The highest BCUT2D eigenvalue weighted by molar-refractivity contribution is 5.92. The van der Waals surface area contributed by atoms with Crippen molar-refractivity contribution in [1.82, 2.24) is 10.3 Å². The first-order valence-corrected chi connectivity index (χ1v) is 7.44. The van der Waals surface area contributed by atoms with Gasteiger partial charge in [-0.25, -0.2) is 0 Å². The molecular weight excluding hydrogens is 246 g/mol. The second kappa shape index (κ2) is 4.67. The van der Waals surface area contributed by atoms with E-state index in [1.807, 2.05) is 18.5 Å². The molecule has 2 unspecified atom stereocenters. The van der Waals surface area contributed by atoms with Gasteiger partial charge in [-0.1, -0.05) is 25.1 Å². The second-order valence-corrected chi connectivity index (χ2v) is 6.08. The van der Waals surface area contributed by atoms with E-state index >= 15 is 0 Å². The molecule has 1 aromatic carbocycles. The van der Waals surface area contributed by atoms with E-state index in [1.54, 1.807) is 0 Å². The lowest BCUT2D eigenvalue weighted by Gasteiger charge is -2.29. The van der Waals surface area contributed by atoms with Crippen LogP contribution in [0.4, 0.5) is 0 Å². The van der Waals surface area contributed by atoms with Gasteiger partial charge in [-0.3, -0.25) is 9.98 Å². The van der Waals surface area contributed by atoms with Crippen LogP contribution in [0, 0.1) is 5.92 Å². The van der Waals surface area contributed by atoms with E-state index < -0.39 is 0 Å². The summed E-state index contributed by atoms with van der Waals surface area (Å²) >= 11 is 0. The fraction of sp³-hybridized carbons (Fsp3) is 0.412. The maximum atomic E-state index is 4.62. The summed E-state index contributed by atoms with van der Waals surface area (Å²) in [7, 11) is 0. The van der Waals surface area contributed by atoms with Gasteiger partial charge < -0.3 is 5.32 Å². The van der Waals surface area contributed by atoms with E-state index in [2.05, 4.69) is 40.4 Å². The molecule has 0 aliphatic carbocycles. The topological polar surface area (TPSA) is 37.3 Å². The van der Waals surface area contributed by atoms with E-state index in [1.165, 1.54) is 22.9 Å². The van der Waals surface area contributed by atoms with Crippen molar-refractivity contribution in [2.75, 3.05) is 13.1 Å². The summed E-state index contributed by atoms with van der Waals surface area (Å²) in [5, 5.41) is 4.86. The predicted octanol–water partition coefficient (Wildman–Crippen LogP) is 3.07. The van der Waals surface area contributed by atoms with Crippen molar-refractivity contribution in [2.24, 2.45) is 10.9 Å². The molecule has 0 saturated carbocycles. The van der Waals surface area contributed by atoms with E-state index in [0.29, 0.717) is 5.92 Å². The van der Waals surface area contributed by atoms with E-state index in [-0.39, 0.29) is 6.04 Å². The Hall–Kier alpha value is -1.74. The fourth-order valence-corrected chi connectivity index (χ4v) is 3.41. The molecule has 2 aliphatic rings. The molecule has 3 heteroatoms. The standard InChI is InChI=1S/C17H19N3/c1-11-7-12(9-18-8-11)13-4-5-15(16-10-20-16)17-14(13)3-2-6-19-17/h2-6,10-12,16,18H,7-9H2,1H3/t11?,12-,16?/m0/s1. The molecule has 0 radical (unpaired) electrons. The molecule has 3 nitrogen and oxygen atoms in total. The van der Waals surface area contributed by atoms with Gasteiger partial charge in [-0.05, 0) is 36.4 Å². The van der Waals surface area contributed by atoms with Gasteiger partial charge in [-0.15, -0.1) is 0 Å². The van der Waals surface area contributed by atoms with Crippen molar-refractivity contribution in [3.8, 4) is 0 Å². The Morgan fingerprint density at radius 3 is 2.80 bits per heavy atom. The maximum Gasteiger partial charge on any atom is 0.111 e. The van der Waals surface area contributed by atoms with Crippen LogP contribution in [-0.4, -0.2) is 24.3 Å². The molecule has 3 heterocycles. The van der Waals surface area contributed by atoms with Crippen LogP contribution in [0.5, 0.6) is 0 Å². The Morgan fingerprint density at radius 2 is 2.00 bits per heavy atom. The third kappa shape index (κ3) is 2.02. The average Bonchev–Trinajstić information content (AvgIpc) is 3.31. The SMILES string of the molecule is CC1CNC[C@@H](c2ccc(C3C=N3)c3ncccc23)C1. The maximum absolute atomic E-state index is 4.62. The number of nitrogens with one attached hydrogen (secondary N) is 1. The summed E-state index contributed by atoms with van der Waals surface area (Å²) in [6, 6.07) is 9.05. The lowest BCUT2D eigenvalue weighted by atomic mass is 9.84. The zero-order valence-corrected chi connectivity index (χ0v) is 11.7. The van der Waals surface area contributed by atoms with Crippen molar-refractivity contribution >= 4 is 17.1 Å². The molecule has 20 heavy (non-hydrogen) atoms. The number of benzene rings is 1. The number of nitrogens with zero attached hydrogens (tertiary/aromatic N) is 2. The molecule has 2 aromatic rings. The smallest absolute Gasteiger partial charge is 0.111 e. The van der Waals surface area contributed by atoms with Crippen LogP contribution in [0.15, 0.2) is 35.5 Å². The zero-order chi connectivity index (χ0) is 13.5. The van der Waals surface area contributed by atoms with Crippen LogP contribution in [0.1, 0.15) is 36.4 Å². The number of hydrogen-bond acceptors (Lipinski definition) is 3. The van der Waals surface area contributed by atoms with Gasteiger partial charge in [0.1, 0.15) is 6.04 Å². The lowest BCUT2D eigenvalue weighted by Crippen LogP contribution is -2.33. The molecule has 0 amide bonds. The molecule has 4 rings (SSSR count). The highest BCUT2D eigenvalue weighted by atomic mass is 14.9. The Labute approximate surface area is 119 Å². The molecule has 2 aliphatic heterocycles. The fourth-order valence-electron chi connectivity index (χ4n) is 3.41. The van der Waals surface area contributed by atoms with E-state index in [0.717, 1.165) is 24.5 Å². The molecule has 3 atom stereocenters. The first kappa shape index (κ1) is 12.0. The number of aromatic nitrogens is 1. The van der Waals surface area contributed by atoms with Gasteiger partial charge in [0.05, 0.1) is 5.52 Å². The van der Waals surface area contributed by atoms with Crippen LogP contribution in [-0.2, 0) is 0 Å². The second-order valence-electron chi connectivity index (χ2n) is 6.08. The van der Waals surface area contributed by atoms with Crippen molar-refractivity contribution in [3.63, 3.8) is 0 Å². The molecule has 0 spiro atoms. The Balaban J connectivity index is 1.81. The van der Waals surface area contributed by atoms with Crippen LogP contribution in [0.3, 0.4) is 0 Å². The summed E-state index contributed by atoms with van der Waals surface area (Å²) in [5.41, 5.74) is 3.82. The molecule has 1 aromatic heterocycles. The minimum absolute atomic E-state index is 0.268. The Bertz CT molecular complexity index is 671. The Morgan fingerprint density at radius 1 is 1.15 bits per heavy atom. The van der Waals surface area contributed by atoms with Crippen molar-refractivity contribution < 1.29 is 0 Å². The number of piperidine rings is 1. The number of aliphatic imine (C=N–C) groups is 1. The summed E-state index contributed by atoms with van der Waals surface area (Å²) in [4.78, 5) is 8.92. The predicted molar refractivity (Wildman–Crippen MR) is 82.4 cm³/mol. The number of rotatable bonds is 2. The first-order valence-electron chi connectivity index (χ1n) is 7.44. The first-order chi connectivity index (χ1) is 9.83. The molecule has 1 fully saturated rings. The molecule has 0 bridgehead atoms. The molecule has 102 valence electrons. The van der Waals surface area contributed by atoms with Crippen LogP contribution in [0.2, 0.25) is 0 Å². The minimum Gasteiger partial charge on any atom is -0.316 e. The number of fused-ring (bicyclic) bond motifs is 1. The summed E-state index contributed by atoms with van der Waals surface area (Å²) in [6.45, 7) is 4.54. The summed E-state index contributed by atoms with van der Waals surface area (Å²) < 4.78 is 0. The highest BCUT2D eigenvalue weighted by Crippen LogP contribution is 2.36. The van der Waals surface area contributed by atoms with Gasteiger partial charge in [0.15, 0.2) is 0 Å². The highest BCUT2D eigenvalue weighted by Gasteiger charge is 2.25. The Kier molecular flexibility index (Phi) is 2.81. The largest absolute Gasteiger partial charge is 0.316 e. The van der Waals surface area contributed by atoms with Gasteiger partial charge in [0.2, 0.25) is 0 Å². The van der Waals surface area contributed by atoms with Gasteiger partial charge >= 0.3 is 0 Å². The summed E-state index contributed by atoms with van der Waals surface area (Å²) in [6.07, 6.45) is 5.14.